The third-order valence-electron chi connectivity index (χ3n) is 5.58. The molecule has 0 aromatic heterocycles. The summed E-state index contributed by atoms with van der Waals surface area (Å²) in [5.41, 5.74) is 4.64. The quantitative estimate of drug-likeness (QED) is 0.350. The lowest BCUT2D eigenvalue weighted by atomic mass is 10.1. The van der Waals surface area contributed by atoms with Gasteiger partial charge < -0.3 is 4.74 Å². The Morgan fingerprint density at radius 3 is 2.29 bits per heavy atom. The van der Waals surface area contributed by atoms with Crippen LogP contribution >= 0.6 is 27.7 Å². The second kappa shape index (κ2) is 9.71. The van der Waals surface area contributed by atoms with Gasteiger partial charge in [0.2, 0.25) is 10.0 Å². The lowest BCUT2D eigenvalue weighted by Crippen LogP contribution is -2.53. The molecule has 0 bridgehead atoms. The normalized spacial score (nSPS) is 19.1. The minimum atomic E-state index is -0.933. The van der Waals surface area contributed by atoms with Crippen molar-refractivity contribution in [2.75, 3.05) is 16.6 Å². The summed E-state index contributed by atoms with van der Waals surface area (Å²) < 4.78 is 6.31. The Balaban J connectivity index is 1.65. The molecule has 0 amide bonds. The second-order valence-corrected chi connectivity index (χ2v) is 10.1. The van der Waals surface area contributed by atoms with E-state index < -0.39 is 11.0 Å². The van der Waals surface area contributed by atoms with Gasteiger partial charge in [0.05, 0.1) is 23.7 Å². The predicted octanol–water partition coefficient (Wildman–Crippen LogP) is 6.32. The summed E-state index contributed by atoms with van der Waals surface area (Å²) in [6, 6.07) is 26.0. The molecule has 2 heterocycles. The number of allylic oxidation sites excluding steroid dienone is 1. The first-order valence-corrected chi connectivity index (χ1v) is 12.8. The Hall–Kier alpha value is -3.36. The average molecular weight is 547 g/mol. The van der Waals surface area contributed by atoms with Gasteiger partial charge in [0.1, 0.15) is 0 Å². The summed E-state index contributed by atoms with van der Waals surface area (Å²) in [5, 5.41) is 13.9. The number of para-hydroxylation sites is 1. The third kappa shape index (κ3) is 4.51. The number of carbonyl (C=O) groups is 1. The Morgan fingerprint density at radius 2 is 1.60 bits per heavy atom. The Bertz CT molecular complexity index is 1320. The van der Waals surface area contributed by atoms with E-state index in [1.807, 2.05) is 108 Å². The maximum atomic E-state index is 12.8. The number of ether oxygens (including phenoxy) is 1. The molecule has 3 aromatic rings. The molecule has 3 aromatic carbocycles. The van der Waals surface area contributed by atoms with Crippen molar-refractivity contribution in [2.24, 2.45) is 10.2 Å². The molecule has 0 saturated carbocycles. The van der Waals surface area contributed by atoms with Crippen LogP contribution in [0.4, 0.5) is 11.4 Å². The molecule has 5 rings (SSSR count). The van der Waals surface area contributed by atoms with Crippen molar-refractivity contribution in [2.45, 2.75) is 18.8 Å². The highest BCUT2D eigenvalue weighted by atomic mass is 79.9. The zero-order valence-electron chi connectivity index (χ0n) is 19.3. The van der Waals surface area contributed by atoms with Gasteiger partial charge in [-0.25, -0.2) is 14.8 Å². The van der Waals surface area contributed by atoms with Crippen LogP contribution in [0.5, 0.6) is 0 Å². The zero-order valence-corrected chi connectivity index (χ0v) is 21.7. The molecule has 0 radical (unpaired) electrons. The molecule has 1 spiro atoms. The van der Waals surface area contributed by atoms with E-state index >= 15 is 0 Å². The lowest BCUT2D eigenvalue weighted by molar-refractivity contribution is -0.134. The number of aryl methyl sites for hydroxylation is 1. The maximum absolute atomic E-state index is 12.8. The molecule has 2 aliphatic heterocycles. The van der Waals surface area contributed by atoms with Crippen LogP contribution in [-0.4, -0.2) is 28.3 Å². The van der Waals surface area contributed by atoms with Gasteiger partial charge in [-0.15, -0.1) is 0 Å². The van der Waals surface area contributed by atoms with Crippen LogP contribution in [0.25, 0.3) is 0 Å². The van der Waals surface area contributed by atoms with Crippen molar-refractivity contribution < 1.29 is 9.53 Å². The zero-order chi connectivity index (χ0) is 24.4. The number of halogens is 1. The SMILES string of the molecule is CCOC(=O)C1=NN(c2ccc(C)cc2)[C@]2(C=CC(c3ccc(Br)cc3)=NN2c2ccccc2)S1. The van der Waals surface area contributed by atoms with E-state index in [0.29, 0.717) is 0 Å². The molecule has 2 aliphatic rings. The standard InChI is InChI=1S/C27H23BrN4O2S/c1-3-34-26(33)25-30-32(23-15-9-19(2)10-16-23)27(35-25)18-17-24(20-11-13-21(28)14-12-20)29-31(27)22-7-5-4-6-8-22/h4-18H,3H2,1-2H3/t27-/m1/s1. The molecule has 0 saturated heterocycles. The molecule has 0 N–H and O–H groups in total. The number of nitrogens with zero attached hydrogens (tertiary/aromatic N) is 4. The molecule has 176 valence electrons. The van der Waals surface area contributed by atoms with E-state index in [1.54, 1.807) is 6.92 Å². The predicted molar refractivity (Wildman–Crippen MR) is 147 cm³/mol. The molecule has 0 unspecified atom stereocenters. The van der Waals surface area contributed by atoms with Crippen molar-refractivity contribution in [3.63, 3.8) is 0 Å². The number of benzene rings is 3. The van der Waals surface area contributed by atoms with E-state index in [2.05, 4.69) is 15.9 Å². The number of anilines is 2. The van der Waals surface area contributed by atoms with Crippen molar-refractivity contribution in [1.29, 1.82) is 0 Å². The largest absolute Gasteiger partial charge is 0.461 e. The fourth-order valence-electron chi connectivity index (χ4n) is 3.87. The van der Waals surface area contributed by atoms with Gasteiger partial charge in [0, 0.05) is 10.0 Å². The summed E-state index contributed by atoms with van der Waals surface area (Å²) >= 11 is 4.82. The van der Waals surface area contributed by atoms with Gasteiger partial charge in [-0.05, 0) is 74.2 Å². The van der Waals surface area contributed by atoms with E-state index in [9.17, 15) is 4.79 Å². The number of esters is 1. The van der Waals surface area contributed by atoms with E-state index in [-0.39, 0.29) is 11.7 Å². The van der Waals surface area contributed by atoms with Gasteiger partial charge in [-0.2, -0.15) is 10.2 Å². The first-order valence-electron chi connectivity index (χ1n) is 11.2. The summed E-state index contributed by atoms with van der Waals surface area (Å²) in [6.07, 6.45) is 4.03. The van der Waals surface area contributed by atoms with Crippen LogP contribution in [0.1, 0.15) is 18.1 Å². The van der Waals surface area contributed by atoms with Crippen LogP contribution in [0.3, 0.4) is 0 Å². The molecule has 35 heavy (non-hydrogen) atoms. The highest BCUT2D eigenvalue weighted by Crippen LogP contribution is 2.48. The first kappa shape index (κ1) is 23.4. The number of hydrogen-bond donors (Lipinski definition) is 0. The first-order chi connectivity index (χ1) is 17.0. The highest BCUT2D eigenvalue weighted by Gasteiger charge is 2.51. The van der Waals surface area contributed by atoms with Crippen LogP contribution in [0, 0.1) is 6.92 Å². The fourth-order valence-corrected chi connectivity index (χ4v) is 5.28. The Labute approximate surface area is 217 Å². The van der Waals surface area contributed by atoms with E-state index in [1.165, 1.54) is 11.8 Å². The van der Waals surface area contributed by atoms with Crippen molar-refractivity contribution >= 4 is 55.8 Å². The highest BCUT2D eigenvalue weighted by molar-refractivity contribution is 9.10. The topological polar surface area (TPSA) is 57.5 Å². The summed E-state index contributed by atoms with van der Waals surface area (Å²) in [6.45, 7) is 4.11. The van der Waals surface area contributed by atoms with Crippen molar-refractivity contribution in [3.05, 3.63) is 107 Å². The monoisotopic (exact) mass is 546 g/mol. The van der Waals surface area contributed by atoms with Gasteiger partial charge >= 0.3 is 5.97 Å². The molecular formula is C27H23BrN4O2S. The van der Waals surface area contributed by atoms with Crippen LogP contribution in [0.15, 0.2) is 106 Å². The second-order valence-electron chi connectivity index (χ2n) is 8.01. The average Bonchev–Trinajstić information content (AvgIpc) is 3.26. The molecular weight excluding hydrogens is 524 g/mol. The van der Waals surface area contributed by atoms with E-state index in [0.717, 1.165) is 32.7 Å². The smallest absolute Gasteiger partial charge is 0.365 e. The van der Waals surface area contributed by atoms with E-state index in [4.69, 9.17) is 14.9 Å². The van der Waals surface area contributed by atoms with Crippen molar-refractivity contribution in [1.82, 2.24) is 0 Å². The van der Waals surface area contributed by atoms with Gasteiger partial charge in [-0.3, -0.25) is 0 Å². The number of rotatable bonds is 5. The third-order valence-corrected chi connectivity index (χ3v) is 7.33. The fraction of sp³-hybridized carbons (Fsp3) is 0.148. The Morgan fingerprint density at radius 1 is 0.943 bits per heavy atom. The number of thioether (sulfide) groups is 1. The molecule has 6 nitrogen and oxygen atoms in total. The minimum absolute atomic E-state index is 0.278. The van der Waals surface area contributed by atoms with Crippen LogP contribution in [0.2, 0.25) is 0 Å². The number of hydrogen-bond acceptors (Lipinski definition) is 7. The molecule has 1 atom stereocenters. The number of hydrazone groups is 2. The summed E-state index contributed by atoms with van der Waals surface area (Å²) in [4.78, 5) is 11.8. The Kier molecular flexibility index (Phi) is 6.49. The van der Waals surface area contributed by atoms with Crippen molar-refractivity contribution in [3.8, 4) is 0 Å². The van der Waals surface area contributed by atoms with Gasteiger partial charge in [0.15, 0.2) is 0 Å². The van der Waals surface area contributed by atoms with Gasteiger partial charge in [0.25, 0.3) is 0 Å². The maximum Gasteiger partial charge on any atom is 0.365 e. The molecule has 8 heteroatoms. The molecule has 0 aliphatic carbocycles. The van der Waals surface area contributed by atoms with Crippen LogP contribution < -0.4 is 10.0 Å². The lowest BCUT2D eigenvalue weighted by Gasteiger charge is -2.43. The summed E-state index contributed by atoms with van der Waals surface area (Å²) in [5.74, 6) is -0.449. The molecule has 0 fully saturated rings. The summed E-state index contributed by atoms with van der Waals surface area (Å²) in [7, 11) is 0. The number of carbonyl (C=O) groups excluding carboxylic acids is 1. The minimum Gasteiger partial charge on any atom is -0.461 e. The van der Waals surface area contributed by atoms with Gasteiger partial charge in [-0.1, -0.05) is 64.0 Å². The van der Waals surface area contributed by atoms with Crippen LogP contribution in [-0.2, 0) is 9.53 Å².